The topological polar surface area (TPSA) is 69.6 Å². The molecule has 0 bridgehead atoms. The lowest BCUT2D eigenvalue weighted by atomic mass is 9.97. The standard InChI is InChI=1S/C52H31N5O/c1-3-14-33(15-4-1)47-42-31-30-40-39-22-13-21-36(48(39)58-49(40)46(42)41-20-7-10-23-43(41)53-47)32-26-28-35(29-27-32)51-54-50(34-16-5-2-6-17-34)55-52(56-51)57-44-24-11-8-18-37(44)38-19-9-12-25-45(38)57/h1-31H. The third-order valence-electron chi connectivity index (χ3n) is 11.3. The predicted molar refractivity (Wildman–Crippen MR) is 236 cm³/mol. The number of nitrogens with zero attached hydrogens (tertiary/aromatic N) is 5. The van der Waals surface area contributed by atoms with Crippen LogP contribution in [-0.2, 0) is 0 Å². The van der Waals surface area contributed by atoms with E-state index < -0.39 is 0 Å². The third kappa shape index (κ3) is 4.98. The fraction of sp³-hybridized carbons (Fsp3) is 0. The summed E-state index contributed by atoms with van der Waals surface area (Å²) in [5.41, 5.74) is 10.6. The molecule has 0 amide bonds. The maximum atomic E-state index is 6.99. The Labute approximate surface area is 332 Å². The van der Waals surface area contributed by atoms with Crippen LogP contribution in [0.2, 0.25) is 0 Å². The number of para-hydroxylation sites is 4. The maximum Gasteiger partial charge on any atom is 0.238 e. The van der Waals surface area contributed by atoms with Crippen molar-refractivity contribution < 1.29 is 4.42 Å². The van der Waals surface area contributed by atoms with Gasteiger partial charge >= 0.3 is 0 Å². The van der Waals surface area contributed by atoms with E-state index in [-0.39, 0.29) is 0 Å². The summed E-state index contributed by atoms with van der Waals surface area (Å²) in [5.74, 6) is 1.78. The van der Waals surface area contributed by atoms with Gasteiger partial charge in [0.2, 0.25) is 5.95 Å². The van der Waals surface area contributed by atoms with Crippen LogP contribution in [0.1, 0.15) is 0 Å². The lowest BCUT2D eigenvalue weighted by molar-refractivity contribution is 0.674. The molecule has 270 valence electrons. The van der Waals surface area contributed by atoms with Crippen LogP contribution in [0.4, 0.5) is 0 Å². The fourth-order valence-electron chi connectivity index (χ4n) is 8.58. The lowest BCUT2D eigenvalue weighted by Gasteiger charge is -2.11. The molecule has 0 unspecified atom stereocenters. The average Bonchev–Trinajstić information content (AvgIpc) is 3.85. The number of hydrogen-bond acceptors (Lipinski definition) is 5. The molecule has 0 saturated heterocycles. The van der Waals surface area contributed by atoms with Crippen LogP contribution in [0.3, 0.4) is 0 Å². The first kappa shape index (κ1) is 32.3. The van der Waals surface area contributed by atoms with Crippen molar-refractivity contribution in [3.05, 3.63) is 188 Å². The van der Waals surface area contributed by atoms with Gasteiger partial charge in [-0.1, -0.05) is 164 Å². The Hall–Kier alpha value is -7.96. The Morgan fingerprint density at radius 3 is 1.59 bits per heavy atom. The maximum absolute atomic E-state index is 6.99. The van der Waals surface area contributed by atoms with Gasteiger partial charge in [0, 0.05) is 60.0 Å². The minimum absolute atomic E-state index is 0.572. The molecule has 12 rings (SSSR count). The van der Waals surface area contributed by atoms with Gasteiger partial charge in [0.05, 0.1) is 22.2 Å². The van der Waals surface area contributed by atoms with Crippen molar-refractivity contribution in [2.75, 3.05) is 0 Å². The van der Waals surface area contributed by atoms with Gasteiger partial charge in [0.15, 0.2) is 11.6 Å². The minimum atomic E-state index is 0.572. The summed E-state index contributed by atoms with van der Waals surface area (Å²) in [6.07, 6.45) is 0. The smallest absolute Gasteiger partial charge is 0.238 e. The first-order valence-electron chi connectivity index (χ1n) is 19.4. The molecule has 8 aromatic carbocycles. The zero-order chi connectivity index (χ0) is 38.2. The second-order valence-corrected chi connectivity index (χ2v) is 14.6. The van der Waals surface area contributed by atoms with Crippen molar-refractivity contribution in [2.24, 2.45) is 0 Å². The van der Waals surface area contributed by atoms with E-state index in [2.05, 4.69) is 150 Å². The average molecular weight is 742 g/mol. The summed E-state index contributed by atoms with van der Waals surface area (Å²) >= 11 is 0. The second kappa shape index (κ2) is 12.8. The summed E-state index contributed by atoms with van der Waals surface area (Å²) in [4.78, 5) is 20.4. The van der Waals surface area contributed by atoms with E-state index in [1.165, 1.54) is 0 Å². The molecule has 0 aliphatic carbocycles. The van der Waals surface area contributed by atoms with Crippen LogP contribution in [0.25, 0.3) is 117 Å². The zero-order valence-corrected chi connectivity index (χ0v) is 31.0. The SMILES string of the molecule is c1ccc(-c2nc(-c3ccc(-c4cccc5c4oc4c5ccc5c(-c6ccccc6)nc6ccccc6c54)cc3)nc(-n3c4ccccc4c4ccccc43)n2)cc1. The van der Waals surface area contributed by atoms with E-state index in [0.29, 0.717) is 17.6 Å². The largest absolute Gasteiger partial charge is 0.455 e. The first-order valence-corrected chi connectivity index (χ1v) is 19.4. The first-order chi connectivity index (χ1) is 28.8. The Balaban J connectivity index is 1.02. The van der Waals surface area contributed by atoms with E-state index in [1.807, 2.05) is 42.5 Å². The van der Waals surface area contributed by atoms with Gasteiger partial charge in [0.1, 0.15) is 11.2 Å². The molecule has 0 fully saturated rings. The normalized spacial score (nSPS) is 11.8. The summed E-state index contributed by atoms with van der Waals surface area (Å²) < 4.78 is 9.14. The molecule has 6 nitrogen and oxygen atoms in total. The van der Waals surface area contributed by atoms with E-state index in [0.717, 1.165) is 98.9 Å². The summed E-state index contributed by atoms with van der Waals surface area (Å²) in [6, 6.07) is 64.9. The molecule has 4 heterocycles. The van der Waals surface area contributed by atoms with Crippen LogP contribution < -0.4 is 0 Å². The van der Waals surface area contributed by atoms with Crippen molar-refractivity contribution in [3.63, 3.8) is 0 Å². The minimum Gasteiger partial charge on any atom is -0.455 e. The van der Waals surface area contributed by atoms with E-state index in [9.17, 15) is 0 Å². The van der Waals surface area contributed by atoms with Gasteiger partial charge in [-0.25, -0.2) is 9.97 Å². The molecule has 58 heavy (non-hydrogen) atoms. The van der Waals surface area contributed by atoms with Gasteiger partial charge in [-0.2, -0.15) is 9.97 Å². The van der Waals surface area contributed by atoms with E-state index in [1.54, 1.807) is 0 Å². The van der Waals surface area contributed by atoms with Crippen LogP contribution in [0.15, 0.2) is 192 Å². The highest BCUT2D eigenvalue weighted by Gasteiger charge is 2.20. The molecule has 0 atom stereocenters. The monoisotopic (exact) mass is 741 g/mol. The highest BCUT2D eigenvalue weighted by atomic mass is 16.3. The molecule has 0 aliphatic heterocycles. The molecule has 0 radical (unpaired) electrons. The van der Waals surface area contributed by atoms with Crippen molar-refractivity contribution >= 4 is 65.4 Å². The zero-order valence-electron chi connectivity index (χ0n) is 31.0. The number of hydrogen-bond donors (Lipinski definition) is 0. The molecule has 0 aliphatic rings. The van der Waals surface area contributed by atoms with Crippen LogP contribution in [-0.4, -0.2) is 24.5 Å². The molecule has 0 spiro atoms. The Morgan fingerprint density at radius 2 is 0.879 bits per heavy atom. The molecular weight excluding hydrogens is 711 g/mol. The Morgan fingerprint density at radius 1 is 0.345 bits per heavy atom. The Bertz CT molecular complexity index is 3500. The van der Waals surface area contributed by atoms with E-state index in [4.69, 9.17) is 24.4 Å². The molecule has 12 aromatic rings. The number of pyridine rings is 1. The van der Waals surface area contributed by atoms with Gasteiger partial charge in [-0.05, 0) is 29.8 Å². The van der Waals surface area contributed by atoms with Gasteiger partial charge in [0.25, 0.3) is 0 Å². The van der Waals surface area contributed by atoms with E-state index >= 15 is 0 Å². The highest BCUT2D eigenvalue weighted by Crippen LogP contribution is 2.43. The summed E-state index contributed by atoms with van der Waals surface area (Å²) in [5, 5.41) is 7.66. The van der Waals surface area contributed by atoms with Crippen molar-refractivity contribution in [1.82, 2.24) is 24.5 Å². The number of furan rings is 1. The third-order valence-corrected chi connectivity index (χ3v) is 11.3. The number of benzene rings is 8. The van der Waals surface area contributed by atoms with Crippen molar-refractivity contribution in [1.29, 1.82) is 0 Å². The summed E-state index contributed by atoms with van der Waals surface area (Å²) in [7, 11) is 0. The predicted octanol–water partition coefficient (Wildman–Crippen LogP) is 13.2. The fourth-order valence-corrected chi connectivity index (χ4v) is 8.58. The van der Waals surface area contributed by atoms with Crippen molar-refractivity contribution in [3.8, 4) is 51.1 Å². The summed E-state index contributed by atoms with van der Waals surface area (Å²) in [6.45, 7) is 0. The lowest BCUT2D eigenvalue weighted by Crippen LogP contribution is -2.06. The molecule has 0 saturated carbocycles. The quantitative estimate of drug-likeness (QED) is 0.164. The van der Waals surface area contributed by atoms with Crippen molar-refractivity contribution in [2.45, 2.75) is 0 Å². The van der Waals surface area contributed by atoms with Gasteiger partial charge < -0.3 is 4.42 Å². The van der Waals surface area contributed by atoms with Crippen LogP contribution >= 0.6 is 0 Å². The van der Waals surface area contributed by atoms with Gasteiger partial charge in [-0.3, -0.25) is 4.57 Å². The molecule has 0 N–H and O–H groups in total. The molecular formula is C52H31N5O. The molecule has 4 aromatic heterocycles. The molecule has 6 heteroatoms. The van der Waals surface area contributed by atoms with Crippen LogP contribution in [0, 0.1) is 0 Å². The Kier molecular flexibility index (Phi) is 7.13. The number of rotatable bonds is 5. The van der Waals surface area contributed by atoms with Gasteiger partial charge in [-0.15, -0.1) is 0 Å². The number of aromatic nitrogens is 5. The highest BCUT2D eigenvalue weighted by molar-refractivity contribution is 6.25. The second-order valence-electron chi connectivity index (χ2n) is 14.6. The number of fused-ring (bicyclic) bond motifs is 10. The van der Waals surface area contributed by atoms with Crippen LogP contribution in [0.5, 0.6) is 0 Å².